The summed E-state index contributed by atoms with van der Waals surface area (Å²) < 4.78 is 69.4. The molecule has 4 rings (SSSR count). The van der Waals surface area contributed by atoms with Crippen molar-refractivity contribution in [3.63, 3.8) is 0 Å². The standard InChI is InChI=1S/C25H19ClF5N3O4/c26-15-6-7-19-18(11-15)23(38,13-35)24(27,28)9-10-34(19)22(37)14-5-8-20(32-12-14)33-21(36)16-3-1-2-4-17(16)25(29,30)31/h1-8,11-12,35,38H,9-10,13H2,(H,32,33,36). The molecule has 2 amide bonds. The predicted octanol–water partition coefficient (Wildman–Crippen LogP) is 4.87. The van der Waals surface area contributed by atoms with Gasteiger partial charge in [-0.15, -0.1) is 0 Å². The first-order valence-corrected chi connectivity index (χ1v) is 11.4. The van der Waals surface area contributed by atoms with E-state index < -0.39 is 65.8 Å². The van der Waals surface area contributed by atoms with Gasteiger partial charge in [0.25, 0.3) is 17.7 Å². The number of nitrogens with zero attached hydrogens (tertiary/aromatic N) is 2. The minimum atomic E-state index is -4.76. The van der Waals surface area contributed by atoms with E-state index in [0.29, 0.717) is 0 Å². The molecule has 0 fully saturated rings. The van der Waals surface area contributed by atoms with Crippen molar-refractivity contribution in [3.05, 3.63) is 88.1 Å². The Labute approximate surface area is 217 Å². The van der Waals surface area contributed by atoms with Crippen molar-refractivity contribution in [1.82, 2.24) is 4.98 Å². The molecule has 3 N–H and O–H groups in total. The SMILES string of the molecule is O=C(Nc1ccc(C(=O)N2CCC(F)(F)C(O)(CO)c3cc(Cl)ccc32)cn1)c1ccccc1C(F)(F)F. The van der Waals surface area contributed by atoms with Gasteiger partial charge in [-0.25, -0.2) is 13.8 Å². The van der Waals surface area contributed by atoms with Crippen LogP contribution in [-0.4, -0.2) is 46.1 Å². The molecular weight excluding hydrogens is 537 g/mol. The molecule has 1 aliphatic heterocycles. The summed E-state index contributed by atoms with van der Waals surface area (Å²) in [5.41, 5.74) is -5.40. The van der Waals surface area contributed by atoms with Crippen LogP contribution in [0.5, 0.6) is 0 Å². The highest BCUT2D eigenvalue weighted by Crippen LogP contribution is 2.47. The Morgan fingerprint density at radius 2 is 1.82 bits per heavy atom. The van der Waals surface area contributed by atoms with Gasteiger partial charge in [-0.2, -0.15) is 13.2 Å². The van der Waals surface area contributed by atoms with Crippen LogP contribution in [0.1, 0.15) is 38.3 Å². The molecule has 0 saturated heterocycles. The van der Waals surface area contributed by atoms with Gasteiger partial charge in [-0.05, 0) is 42.5 Å². The Morgan fingerprint density at radius 3 is 2.45 bits per heavy atom. The van der Waals surface area contributed by atoms with E-state index in [-0.39, 0.29) is 22.1 Å². The van der Waals surface area contributed by atoms with Crippen molar-refractivity contribution in [3.8, 4) is 0 Å². The maximum Gasteiger partial charge on any atom is 0.417 e. The van der Waals surface area contributed by atoms with Crippen LogP contribution in [0.4, 0.5) is 33.5 Å². The number of benzene rings is 2. The van der Waals surface area contributed by atoms with Gasteiger partial charge < -0.3 is 20.4 Å². The van der Waals surface area contributed by atoms with Crippen LogP contribution in [0, 0.1) is 0 Å². The van der Waals surface area contributed by atoms with Gasteiger partial charge in [0.05, 0.1) is 29.0 Å². The molecule has 3 aromatic rings. The van der Waals surface area contributed by atoms with Crippen LogP contribution < -0.4 is 10.2 Å². The highest BCUT2D eigenvalue weighted by atomic mass is 35.5. The van der Waals surface area contributed by atoms with E-state index in [0.717, 1.165) is 35.4 Å². The van der Waals surface area contributed by atoms with E-state index in [4.69, 9.17) is 11.6 Å². The number of aliphatic hydroxyl groups is 2. The average molecular weight is 556 g/mol. The molecule has 0 aliphatic carbocycles. The molecule has 1 aliphatic rings. The minimum absolute atomic E-state index is 0.00502. The summed E-state index contributed by atoms with van der Waals surface area (Å²) >= 11 is 5.94. The fourth-order valence-corrected chi connectivity index (χ4v) is 4.30. The number of halogens is 6. The van der Waals surface area contributed by atoms with E-state index in [9.17, 15) is 41.8 Å². The third-order valence-electron chi connectivity index (χ3n) is 6.15. The van der Waals surface area contributed by atoms with E-state index in [1.165, 1.54) is 30.3 Å². The van der Waals surface area contributed by atoms with Crippen LogP contribution in [0.15, 0.2) is 60.8 Å². The van der Waals surface area contributed by atoms with Gasteiger partial charge in [-0.3, -0.25) is 9.59 Å². The lowest BCUT2D eigenvalue weighted by molar-refractivity contribution is -0.205. The molecule has 0 saturated carbocycles. The van der Waals surface area contributed by atoms with Gasteiger partial charge in [-0.1, -0.05) is 23.7 Å². The van der Waals surface area contributed by atoms with E-state index in [1.807, 2.05) is 0 Å². The molecule has 1 unspecified atom stereocenters. The maximum absolute atomic E-state index is 14.9. The number of hydrogen-bond acceptors (Lipinski definition) is 5. The number of carbonyl (C=O) groups excluding carboxylic acids is 2. The summed E-state index contributed by atoms with van der Waals surface area (Å²) in [6.07, 6.45) is -4.73. The first kappa shape index (κ1) is 27.4. The van der Waals surface area contributed by atoms with Crippen LogP contribution >= 0.6 is 11.6 Å². The molecule has 0 spiro atoms. The van der Waals surface area contributed by atoms with Crippen LogP contribution in [0.25, 0.3) is 0 Å². The number of aromatic nitrogens is 1. The lowest BCUT2D eigenvalue weighted by atomic mass is 9.86. The van der Waals surface area contributed by atoms with Crippen molar-refractivity contribution in [2.45, 2.75) is 24.1 Å². The fraction of sp³-hybridized carbons (Fsp3) is 0.240. The summed E-state index contributed by atoms with van der Waals surface area (Å²) in [5.74, 6) is -5.84. The number of nitrogens with one attached hydrogen (secondary N) is 1. The van der Waals surface area contributed by atoms with Gasteiger partial charge in [0.15, 0.2) is 5.60 Å². The number of aliphatic hydroxyl groups excluding tert-OH is 1. The smallest absolute Gasteiger partial charge is 0.393 e. The Balaban J connectivity index is 1.61. The number of rotatable bonds is 4. The molecule has 0 radical (unpaired) electrons. The first-order chi connectivity index (χ1) is 17.8. The van der Waals surface area contributed by atoms with E-state index in [2.05, 4.69) is 10.3 Å². The number of amides is 2. The molecule has 2 heterocycles. The highest BCUT2D eigenvalue weighted by molar-refractivity contribution is 6.30. The minimum Gasteiger partial charge on any atom is -0.393 e. The van der Waals surface area contributed by atoms with Gasteiger partial charge in [0.2, 0.25) is 0 Å². The summed E-state index contributed by atoms with van der Waals surface area (Å²) in [4.78, 5) is 30.6. The third kappa shape index (κ3) is 4.94. The number of hydrogen-bond donors (Lipinski definition) is 3. The molecule has 0 bridgehead atoms. The van der Waals surface area contributed by atoms with Gasteiger partial charge in [0, 0.05) is 29.7 Å². The topological polar surface area (TPSA) is 103 Å². The van der Waals surface area contributed by atoms with Crippen molar-refractivity contribution >= 4 is 34.9 Å². The summed E-state index contributed by atoms with van der Waals surface area (Å²) in [5, 5.41) is 22.6. The van der Waals surface area contributed by atoms with Gasteiger partial charge >= 0.3 is 6.18 Å². The van der Waals surface area contributed by atoms with Crippen LogP contribution in [0.2, 0.25) is 5.02 Å². The van der Waals surface area contributed by atoms with E-state index in [1.54, 1.807) is 0 Å². The number of carbonyl (C=O) groups is 2. The third-order valence-corrected chi connectivity index (χ3v) is 6.39. The molecule has 38 heavy (non-hydrogen) atoms. The molecular formula is C25H19ClF5N3O4. The Morgan fingerprint density at radius 1 is 1.11 bits per heavy atom. The Bertz CT molecular complexity index is 1380. The molecule has 1 atom stereocenters. The average Bonchev–Trinajstić information content (AvgIpc) is 2.96. The normalized spacial score (nSPS) is 18.9. The fourth-order valence-electron chi connectivity index (χ4n) is 4.13. The predicted molar refractivity (Wildman–Crippen MR) is 127 cm³/mol. The molecule has 7 nitrogen and oxygen atoms in total. The summed E-state index contributed by atoms with van der Waals surface area (Å²) in [6, 6.07) is 10.2. The lowest BCUT2D eigenvalue weighted by Crippen LogP contribution is -2.48. The van der Waals surface area contributed by atoms with Crippen LogP contribution in [-0.2, 0) is 11.8 Å². The highest BCUT2D eigenvalue weighted by Gasteiger charge is 2.56. The largest absolute Gasteiger partial charge is 0.417 e. The lowest BCUT2D eigenvalue weighted by Gasteiger charge is -2.33. The zero-order valence-electron chi connectivity index (χ0n) is 19.3. The van der Waals surface area contributed by atoms with Crippen molar-refractivity contribution in [2.75, 3.05) is 23.4 Å². The summed E-state index contributed by atoms with van der Waals surface area (Å²) in [6.45, 7) is -1.86. The second-order valence-electron chi connectivity index (χ2n) is 8.52. The van der Waals surface area contributed by atoms with E-state index >= 15 is 0 Å². The molecule has 1 aromatic heterocycles. The maximum atomic E-state index is 14.9. The van der Waals surface area contributed by atoms with Crippen LogP contribution in [0.3, 0.4) is 0 Å². The molecule has 2 aromatic carbocycles. The van der Waals surface area contributed by atoms with Crippen molar-refractivity contribution in [1.29, 1.82) is 0 Å². The Hall–Kier alpha value is -3.61. The number of pyridine rings is 1. The first-order valence-electron chi connectivity index (χ1n) is 11.0. The molecule has 200 valence electrons. The van der Waals surface area contributed by atoms with Crippen molar-refractivity contribution in [2.24, 2.45) is 0 Å². The van der Waals surface area contributed by atoms with Crippen molar-refractivity contribution < 1.29 is 41.8 Å². The second kappa shape index (κ2) is 9.93. The summed E-state index contributed by atoms with van der Waals surface area (Å²) in [7, 11) is 0. The monoisotopic (exact) mass is 555 g/mol. The second-order valence-corrected chi connectivity index (χ2v) is 8.96. The zero-order valence-corrected chi connectivity index (χ0v) is 20.0. The number of fused-ring (bicyclic) bond motifs is 1. The Kier molecular flexibility index (Phi) is 7.17. The van der Waals surface area contributed by atoms with Gasteiger partial charge in [0.1, 0.15) is 5.82 Å². The molecule has 13 heteroatoms. The quantitative estimate of drug-likeness (QED) is 0.399. The number of alkyl halides is 5. The zero-order chi connectivity index (χ0) is 27.9. The number of anilines is 2.